The summed E-state index contributed by atoms with van der Waals surface area (Å²) in [5.74, 6) is -1.11. The Kier molecular flexibility index (Phi) is 7.01. The molecule has 0 saturated carbocycles. The Hall–Kier alpha value is -3.88. The van der Waals surface area contributed by atoms with Gasteiger partial charge in [0.25, 0.3) is 11.8 Å². The Morgan fingerprint density at radius 1 is 1.08 bits per heavy atom. The summed E-state index contributed by atoms with van der Waals surface area (Å²) in [5.41, 5.74) is -0.0502. The first-order valence-electron chi connectivity index (χ1n) is 12.0. The predicted octanol–water partition coefficient (Wildman–Crippen LogP) is 2.83. The minimum atomic E-state index is -1.62. The van der Waals surface area contributed by atoms with Crippen LogP contribution in [0.3, 0.4) is 0 Å². The lowest BCUT2D eigenvalue weighted by atomic mass is 9.95. The normalized spacial score (nSPS) is 18.7. The smallest absolute Gasteiger partial charge is 0.354 e. The number of methoxy groups -OCH3 is 1. The molecular formula is C27H31N3O6. The van der Waals surface area contributed by atoms with Crippen LogP contribution >= 0.6 is 0 Å². The SMILES string of the molecule is COc1ccccc1CN(C)C(=O)COC(=O)C12CCC(=O)N1c1ccccc1C(=O)N2CC(C)C. The van der Waals surface area contributed by atoms with E-state index in [0.29, 0.717) is 17.0 Å². The maximum Gasteiger partial charge on any atom is 0.354 e. The Balaban J connectivity index is 1.58. The summed E-state index contributed by atoms with van der Waals surface area (Å²) in [7, 11) is 3.17. The van der Waals surface area contributed by atoms with Gasteiger partial charge in [-0.3, -0.25) is 19.3 Å². The molecule has 0 spiro atoms. The van der Waals surface area contributed by atoms with Crippen molar-refractivity contribution in [3.8, 4) is 5.75 Å². The number of rotatable bonds is 8. The van der Waals surface area contributed by atoms with Crippen molar-refractivity contribution in [1.29, 1.82) is 0 Å². The highest BCUT2D eigenvalue weighted by molar-refractivity contribution is 6.15. The Bertz CT molecular complexity index is 1200. The molecule has 4 rings (SSSR count). The zero-order valence-electron chi connectivity index (χ0n) is 21.0. The van der Waals surface area contributed by atoms with E-state index in [0.717, 1.165) is 5.56 Å². The maximum atomic E-state index is 13.7. The Morgan fingerprint density at radius 2 is 1.78 bits per heavy atom. The van der Waals surface area contributed by atoms with Gasteiger partial charge in [-0.05, 0) is 24.1 Å². The molecule has 1 fully saturated rings. The summed E-state index contributed by atoms with van der Waals surface area (Å²) in [6.07, 6.45) is 0.190. The molecule has 3 amide bonds. The topological polar surface area (TPSA) is 96.5 Å². The molecule has 0 N–H and O–H groups in total. The molecule has 0 aliphatic carbocycles. The molecule has 1 atom stereocenters. The minimum Gasteiger partial charge on any atom is -0.496 e. The molecule has 2 aromatic carbocycles. The van der Waals surface area contributed by atoms with Gasteiger partial charge in [-0.2, -0.15) is 0 Å². The molecule has 1 unspecified atom stereocenters. The summed E-state index contributed by atoms with van der Waals surface area (Å²) in [6.45, 7) is 3.88. The molecular weight excluding hydrogens is 462 g/mol. The van der Waals surface area contributed by atoms with E-state index in [1.807, 2.05) is 32.0 Å². The molecule has 9 heteroatoms. The third-order valence-electron chi connectivity index (χ3n) is 6.60. The van der Waals surface area contributed by atoms with Crippen molar-refractivity contribution in [2.24, 2.45) is 5.92 Å². The average molecular weight is 494 g/mol. The number of esters is 1. The van der Waals surface area contributed by atoms with E-state index in [-0.39, 0.29) is 43.7 Å². The minimum absolute atomic E-state index is 0.0371. The highest BCUT2D eigenvalue weighted by Crippen LogP contribution is 2.45. The second-order valence-electron chi connectivity index (χ2n) is 9.51. The van der Waals surface area contributed by atoms with Crippen molar-refractivity contribution in [2.45, 2.75) is 38.9 Å². The fourth-order valence-corrected chi connectivity index (χ4v) is 4.90. The van der Waals surface area contributed by atoms with Crippen LogP contribution in [0.2, 0.25) is 0 Å². The number of hydrogen-bond acceptors (Lipinski definition) is 6. The Morgan fingerprint density at radius 3 is 2.50 bits per heavy atom. The third-order valence-corrected chi connectivity index (χ3v) is 6.60. The van der Waals surface area contributed by atoms with Crippen molar-refractivity contribution in [3.05, 3.63) is 59.7 Å². The Labute approximate surface area is 210 Å². The van der Waals surface area contributed by atoms with Gasteiger partial charge in [-0.15, -0.1) is 0 Å². The van der Waals surface area contributed by atoms with E-state index in [4.69, 9.17) is 9.47 Å². The van der Waals surface area contributed by atoms with Crippen LogP contribution in [0.1, 0.15) is 42.6 Å². The summed E-state index contributed by atoms with van der Waals surface area (Å²) in [5, 5.41) is 0. The quantitative estimate of drug-likeness (QED) is 0.525. The van der Waals surface area contributed by atoms with Gasteiger partial charge in [0, 0.05) is 38.5 Å². The third kappa shape index (κ3) is 4.29. The van der Waals surface area contributed by atoms with Crippen molar-refractivity contribution >= 4 is 29.4 Å². The van der Waals surface area contributed by atoms with Crippen LogP contribution in [0, 0.1) is 5.92 Å². The van der Waals surface area contributed by atoms with Crippen molar-refractivity contribution < 1.29 is 28.7 Å². The van der Waals surface area contributed by atoms with Gasteiger partial charge in [-0.1, -0.05) is 44.2 Å². The van der Waals surface area contributed by atoms with Crippen LogP contribution in [0.25, 0.3) is 0 Å². The molecule has 2 heterocycles. The largest absolute Gasteiger partial charge is 0.496 e. The molecule has 0 aromatic heterocycles. The second kappa shape index (κ2) is 10.0. The lowest BCUT2D eigenvalue weighted by molar-refractivity contribution is -0.162. The number of hydrogen-bond donors (Lipinski definition) is 0. The van der Waals surface area contributed by atoms with E-state index in [9.17, 15) is 19.2 Å². The van der Waals surface area contributed by atoms with Crippen molar-refractivity contribution in [1.82, 2.24) is 9.80 Å². The molecule has 0 bridgehead atoms. The fourth-order valence-electron chi connectivity index (χ4n) is 4.90. The molecule has 2 aromatic rings. The number of anilines is 1. The highest BCUT2D eigenvalue weighted by Gasteiger charge is 2.62. The number of benzene rings is 2. The lowest BCUT2D eigenvalue weighted by Crippen LogP contribution is -2.69. The van der Waals surface area contributed by atoms with Gasteiger partial charge in [0.05, 0.1) is 18.4 Å². The summed E-state index contributed by atoms with van der Waals surface area (Å²) < 4.78 is 10.9. The zero-order valence-corrected chi connectivity index (χ0v) is 21.0. The standard InChI is InChI=1S/C27H31N3O6/c1-18(2)15-29-25(33)20-10-6-7-11-21(20)30-23(31)13-14-27(29,30)26(34)36-17-24(32)28(3)16-19-9-5-8-12-22(19)35-4/h5-12,18H,13-17H2,1-4H3. The van der Waals surface area contributed by atoms with E-state index in [1.54, 1.807) is 44.5 Å². The number of ether oxygens (including phenoxy) is 2. The summed E-state index contributed by atoms with van der Waals surface area (Å²) >= 11 is 0. The molecule has 9 nitrogen and oxygen atoms in total. The van der Waals surface area contributed by atoms with Gasteiger partial charge in [0.1, 0.15) is 5.75 Å². The molecule has 0 radical (unpaired) electrons. The summed E-state index contributed by atoms with van der Waals surface area (Å²) in [4.78, 5) is 57.3. The molecule has 2 aliphatic heterocycles. The van der Waals surface area contributed by atoms with E-state index in [2.05, 4.69) is 0 Å². The first-order valence-corrected chi connectivity index (χ1v) is 12.0. The van der Waals surface area contributed by atoms with Crippen LogP contribution in [0.15, 0.2) is 48.5 Å². The van der Waals surface area contributed by atoms with Crippen LogP contribution in [0.5, 0.6) is 5.75 Å². The second-order valence-corrected chi connectivity index (χ2v) is 9.51. The monoisotopic (exact) mass is 493 g/mol. The van der Waals surface area contributed by atoms with Crippen LogP contribution in [0.4, 0.5) is 5.69 Å². The number of para-hydroxylation sites is 2. The maximum absolute atomic E-state index is 13.7. The first kappa shape index (κ1) is 25.2. The fraction of sp³-hybridized carbons (Fsp3) is 0.407. The highest BCUT2D eigenvalue weighted by atomic mass is 16.5. The van der Waals surface area contributed by atoms with E-state index >= 15 is 0 Å². The first-order chi connectivity index (χ1) is 17.2. The van der Waals surface area contributed by atoms with Crippen LogP contribution in [-0.2, 0) is 25.7 Å². The van der Waals surface area contributed by atoms with Crippen LogP contribution < -0.4 is 9.64 Å². The number of amides is 3. The molecule has 1 saturated heterocycles. The van der Waals surface area contributed by atoms with Crippen molar-refractivity contribution in [2.75, 3.05) is 32.2 Å². The average Bonchev–Trinajstić information content (AvgIpc) is 3.23. The number of nitrogens with zero attached hydrogens (tertiary/aromatic N) is 3. The van der Waals surface area contributed by atoms with E-state index in [1.165, 1.54) is 14.7 Å². The van der Waals surface area contributed by atoms with Gasteiger partial charge in [-0.25, -0.2) is 4.79 Å². The summed E-state index contributed by atoms with van der Waals surface area (Å²) in [6, 6.07) is 14.1. The van der Waals surface area contributed by atoms with Crippen LogP contribution in [-0.4, -0.2) is 66.5 Å². The zero-order chi connectivity index (χ0) is 26.0. The number of carbonyl (C=O) groups is 4. The molecule has 190 valence electrons. The predicted molar refractivity (Wildman–Crippen MR) is 132 cm³/mol. The van der Waals surface area contributed by atoms with Crippen molar-refractivity contribution in [3.63, 3.8) is 0 Å². The van der Waals surface area contributed by atoms with Gasteiger partial charge in [0.2, 0.25) is 11.6 Å². The van der Waals surface area contributed by atoms with Gasteiger partial charge >= 0.3 is 5.97 Å². The van der Waals surface area contributed by atoms with E-state index < -0.39 is 24.1 Å². The number of carbonyl (C=O) groups excluding carboxylic acids is 4. The van der Waals surface area contributed by atoms with Gasteiger partial charge in [0.15, 0.2) is 6.61 Å². The molecule has 2 aliphatic rings. The number of likely N-dealkylation sites (N-methyl/N-ethyl adjacent to an activating group) is 1. The van der Waals surface area contributed by atoms with Gasteiger partial charge < -0.3 is 19.3 Å². The number of fused-ring (bicyclic) bond motifs is 3. The molecule has 36 heavy (non-hydrogen) atoms. The lowest BCUT2D eigenvalue weighted by Gasteiger charge is -2.48.